The molecule has 0 aliphatic carbocycles. The standard InChI is InChI=1S/C12H16F3N3O5/c1-10(2,3)23-9(21)17-8-16-5-6(18(8)4)11(22,7(19)20)12(13,14)15/h5,22H,1-4H3,(H,19,20)(H,16,17,21). The van der Waals surface area contributed by atoms with E-state index in [4.69, 9.17) is 9.84 Å². The largest absolute Gasteiger partial charge is 0.479 e. The molecule has 8 nitrogen and oxygen atoms in total. The van der Waals surface area contributed by atoms with Crippen molar-refractivity contribution < 1.29 is 37.7 Å². The minimum absolute atomic E-state index is 0.418. The van der Waals surface area contributed by atoms with E-state index >= 15 is 0 Å². The van der Waals surface area contributed by atoms with Gasteiger partial charge in [-0.3, -0.25) is 5.32 Å². The first kappa shape index (κ1) is 18.7. The molecule has 130 valence electrons. The SMILES string of the molecule is Cn1c(C(O)(C(=O)O)C(F)(F)F)cnc1NC(=O)OC(C)(C)C. The van der Waals surface area contributed by atoms with Crippen LogP contribution in [0.5, 0.6) is 0 Å². The number of alkyl halides is 3. The number of carboxylic acid groups (broad SMARTS) is 1. The van der Waals surface area contributed by atoms with Crippen molar-refractivity contribution in [3.63, 3.8) is 0 Å². The Hall–Kier alpha value is -2.30. The summed E-state index contributed by atoms with van der Waals surface area (Å²) in [4.78, 5) is 26.0. The number of aliphatic hydroxyl groups is 1. The van der Waals surface area contributed by atoms with Gasteiger partial charge >= 0.3 is 23.8 Å². The Bertz CT molecular complexity index is 620. The highest BCUT2D eigenvalue weighted by Crippen LogP contribution is 2.39. The predicted molar refractivity (Wildman–Crippen MR) is 70.7 cm³/mol. The quantitative estimate of drug-likeness (QED) is 0.771. The van der Waals surface area contributed by atoms with Crippen molar-refractivity contribution in [2.75, 3.05) is 5.32 Å². The monoisotopic (exact) mass is 339 g/mol. The van der Waals surface area contributed by atoms with E-state index in [0.717, 1.165) is 7.05 Å². The van der Waals surface area contributed by atoms with Crippen molar-refractivity contribution in [1.82, 2.24) is 9.55 Å². The molecular formula is C12H16F3N3O5. The molecule has 1 atom stereocenters. The molecule has 1 unspecified atom stereocenters. The predicted octanol–water partition coefficient (Wildman–Crippen LogP) is 1.60. The number of carboxylic acids is 1. The summed E-state index contributed by atoms with van der Waals surface area (Å²) in [5, 5.41) is 20.4. The summed E-state index contributed by atoms with van der Waals surface area (Å²) >= 11 is 0. The highest BCUT2D eigenvalue weighted by molar-refractivity contribution is 5.83. The Kier molecular flexibility index (Phi) is 4.66. The van der Waals surface area contributed by atoms with E-state index in [2.05, 4.69) is 10.3 Å². The molecule has 1 heterocycles. The Morgan fingerprint density at radius 2 is 1.83 bits per heavy atom. The average Bonchev–Trinajstić information content (AvgIpc) is 2.66. The minimum atomic E-state index is -5.49. The van der Waals surface area contributed by atoms with Gasteiger partial charge in [0.25, 0.3) is 0 Å². The molecule has 0 radical (unpaired) electrons. The molecule has 1 amide bonds. The number of nitrogens with one attached hydrogen (secondary N) is 1. The molecule has 1 aromatic rings. The van der Waals surface area contributed by atoms with Crippen LogP contribution in [0.1, 0.15) is 26.5 Å². The number of anilines is 1. The normalized spacial score (nSPS) is 15.0. The van der Waals surface area contributed by atoms with Crippen LogP contribution in [0, 0.1) is 0 Å². The number of amides is 1. The van der Waals surface area contributed by atoms with Crippen molar-refractivity contribution in [2.45, 2.75) is 38.1 Å². The Labute approximate surface area is 128 Å². The van der Waals surface area contributed by atoms with Crippen LogP contribution >= 0.6 is 0 Å². The van der Waals surface area contributed by atoms with Gasteiger partial charge in [-0.05, 0) is 20.8 Å². The number of imidazole rings is 1. The molecule has 0 spiro atoms. The van der Waals surface area contributed by atoms with Gasteiger partial charge in [0.1, 0.15) is 5.60 Å². The second-order valence-electron chi connectivity index (χ2n) is 5.67. The maximum absolute atomic E-state index is 12.9. The second kappa shape index (κ2) is 5.72. The van der Waals surface area contributed by atoms with Crippen LogP contribution in [0.15, 0.2) is 6.20 Å². The lowest BCUT2D eigenvalue weighted by molar-refractivity contribution is -0.267. The minimum Gasteiger partial charge on any atom is -0.479 e. The van der Waals surface area contributed by atoms with Crippen LogP contribution < -0.4 is 5.32 Å². The molecule has 0 saturated carbocycles. The van der Waals surface area contributed by atoms with E-state index in [1.165, 1.54) is 0 Å². The molecule has 11 heteroatoms. The number of nitrogens with zero attached hydrogens (tertiary/aromatic N) is 2. The number of hydrogen-bond acceptors (Lipinski definition) is 5. The molecule has 0 aromatic carbocycles. The van der Waals surface area contributed by atoms with Crippen LogP contribution in [0.2, 0.25) is 0 Å². The molecule has 0 aliphatic rings. The third-order valence-electron chi connectivity index (χ3n) is 2.69. The van der Waals surface area contributed by atoms with E-state index < -0.39 is 41.1 Å². The second-order valence-corrected chi connectivity index (χ2v) is 5.67. The molecule has 0 aliphatic heterocycles. The summed E-state index contributed by atoms with van der Waals surface area (Å²) in [5.41, 5.74) is -6.09. The number of halogens is 3. The van der Waals surface area contributed by atoms with Gasteiger partial charge < -0.3 is 19.5 Å². The van der Waals surface area contributed by atoms with Crippen molar-refractivity contribution in [3.05, 3.63) is 11.9 Å². The number of aromatic nitrogens is 2. The van der Waals surface area contributed by atoms with Gasteiger partial charge in [0.15, 0.2) is 0 Å². The molecule has 1 rings (SSSR count). The number of carbonyl (C=O) groups excluding carboxylic acids is 1. The number of aliphatic carboxylic acids is 1. The average molecular weight is 339 g/mol. The van der Waals surface area contributed by atoms with Gasteiger partial charge in [-0.1, -0.05) is 0 Å². The van der Waals surface area contributed by atoms with Gasteiger partial charge in [0.2, 0.25) is 5.95 Å². The number of rotatable bonds is 3. The fraction of sp³-hybridized carbons (Fsp3) is 0.583. The molecule has 1 aromatic heterocycles. The van der Waals surface area contributed by atoms with Crippen LogP contribution in [0.3, 0.4) is 0 Å². The molecule has 23 heavy (non-hydrogen) atoms. The van der Waals surface area contributed by atoms with Crippen molar-refractivity contribution >= 4 is 18.0 Å². The highest BCUT2D eigenvalue weighted by Gasteiger charge is 2.63. The van der Waals surface area contributed by atoms with E-state index in [1.807, 2.05) is 0 Å². The number of ether oxygens (including phenoxy) is 1. The Balaban J connectivity index is 3.18. The third kappa shape index (κ3) is 3.73. The number of carbonyl (C=O) groups is 2. The zero-order valence-corrected chi connectivity index (χ0v) is 12.7. The van der Waals surface area contributed by atoms with Gasteiger partial charge in [-0.15, -0.1) is 0 Å². The lowest BCUT2D eigenvalue weighted by Gasteiger charge is -2.26. The zero-order valence-electron chi connectivity index (χ0n) is 12.7. The lowest BCUT2D eigenvalue weighted by atomic mass is 10.00. The van der Waals surface area contributed by atoms with Gasteiger partial charge in [0, 0.05) is 7.05 Å². The first-order valence-corrected chi connectivity index (χ1v) is 6.25. The van der Waals surface area contributed by atoms with E-state index in [0.29, 0.717) is 10.8 Å². The summed E-state index contributed by atoms with van der Waals surface area (Å²) in [6.07, 6.45) is -5.98. The molecule has 0 bridgehead atoms. The van der Waals surface area contributed by atoms with Crippen LogP contribution in [-0.4, -0.2) is 43.6 Å². The molecular weight excluding hydrogens is 323 g/mol. The van der Waals surface area contributed by atoms with E-state index in [9.17, 15) is 27.9 Å². The van der Waals surface area contributed by atoms with Crippen molar-refractivity contribution in [1.29, 1.82) is 0 Å². The smallest absolute Gasteiger partial charge is 0.434 e. The summed E-state index contributed by atoms with van der Waals surface area (Å²) in [7, 11) is 1.01. The van der Waals surface area contributed by atoms with E-state index in [-0.39, 0.29) is 0 Å². The van der Waals surface area contributed by atoms with Gasteiger partial charge in [-0.25, -0.2) is 14.6 Å². The maximum atomic E-state index is 12.9. The fourth-order valence-corrected chi connectivity index (χ4v) is 1.63. The van der Waals surface area contributed by atoms with Crippen molar-refractivity contribution in [3.8, 4) is 0 Å². The maximum Gasteiger partial charge on any atom is 0.434 e. The molecule has 0 saturated heterocycles. The summed E-state index contributed by atoms with van der Waals surface area (Å²) in [5.74, 6) is -2.94. The summed E-state index contributed by atoms with van der Waals surface area (Å²) in [6, 6.07) is 0. The summed E-state index contributed by atoms with van der Waals surface area (Å²) < 4.78 is 44.3. The Morgan fingerprint density at radius 1 is 1.30 bits per heavy atom. The van der Waals surface area contributed by atoms with Gasteiger partial charge in [0.05, 0.1) is 11.9 Å². The van der Waals surface area contributed by atoms with Crippen molar-refractivity contribution in [2.24, 2.45) is 7.05 Å². The topological polar surface area (TPSA) is 114 Å². The fourth-order valence-electron chi connectivity index (χ4n) is 1.63. The first-order chi connectivity index (χ1) is 10.2. The lowest BCUT2D eigenvalue weighted by Crippen LogP contribution is -2.50. The highest BCUT2D eigenvalue weighted by atomic mass is 19.4. The number of hydrogen-bond donors (Lipinski definition) is 3. The zero-order chi connectivity index (χ0) is 18.2. The van der Waals surface area contributed by atoms with Crippen LogP contribution in [0.25, 0.3) is 0 Å². The van der Waals surface area contributed by atoms with Crippen LogP contribution in [0.4, 0.5) is 23.9 Å². The molecule has 0 fully saturated rings. The third-order valence-corrected chi connectivity index (χ3v) is 2.69. The van der Waals surface area contributed by atoms with E-state index in [1.54, 1.807) is 20.8 Å². The van der Waals surface area contributed by atoms with Crippen LogP contribution in [-0.2, 0) is 22.2 Å². The molecule has 3 N–H and O–H groups in total. The van der Waals surface area contributed by atoms with Gasteiger partial charge in [-0.2, -0.15) is 13.2 Å². The first-order valence-electron chi connectivity index (χ1n) is 6.25. The summed E-state index contributed by atoms with van der Waals surface area (Å²) in [6.45, 7) is 4.72. The Morgan fingerprint density at radius 3 is 2.22 bits per heavy atom.